The summed E-state index contributed by atoms with van der Waals surface area (Å²) in [6, 6.07) is 16.9. The minimum Gasteiger partial charge on any atom is -0.341 e. The fraction of sp³-hybridized carbons (Fsp3) is 0.318. The molecule has 1 unspecified atom stereocenters. The van der Waals surface area contributed by atoms with Gasteiger partial charge in [0.1, 0.15) is 0 Å². The number of halogens is 3. The van der Waals surface area contributed by atoms with Crippen molar-refractivity contribution in [1.82, 2.24) is 4.98 Å². The number of aromatic nitrogens is 1. The van der Waals surface area contributed by atoms with E-state index >= 15 is 0 Å². The van der Waals surface area contributed by atoms with Gasteiger partial charge in [-0.05, 0) is 71.5 Å². The molecule has 0 saturated heterocycles. The molecule has 0 spiro atoms. The Morgan fingerprint density at radius 2 is 1.93 bits per heavy atom. The predicted molar refractivity (Wildman–Crippen MR) is 130 cm³/mol. The molecule has 1 aromatic heterocycles. The van der Waals surface area contributed by atoms with Crippen molar-refractivity contribution < 1.29 is 0 Å². The van der Waals surface area contributed by atoms with Crippen molar-refractivity contribution in [2.75, 3.05) is 11.4 Å². The lowest BCUT2D eigenvalue weighted by atomic mass is 10.0. The summed E-state index contributed by atoms with van der Waals surface area (Å²) in [6.45, 7) is 3.23. The van der Waals surface area contributed by atoms with Gasteiger partial charge < -0.3 is 4.90 Å². The molecule has 146 valence electrons. The van der Waals surface area contributed by atoms with Gasteiger partial charge in [-0.25, -0.2) is 4.98 Å². The van der Waals surface area contributed by atoms with Crippen molar-refractivity contribution in [3.8, 4) is 11.3 Å². The van der Waals surface area contributed by atoms with Gasteiger partial charge in [0.05, 0.1) is 19.6 Å². The maximum atomic E-state index is 6.47. The Bertz CT molecular complexity index is 956. The van der Waals surface area contributed by atoms with Crippen molar-refractivity contribution in [3.05, 3.63) is 67.0 Å². The molecule has 1 aliphatic rings. The van der Waals surface area contributed by atoms with Crippen LogP contribution in [0.4, 0.5) is 5.13 Å². The van der Waals surface area contributed by atoms with Gasteiger partial charge in [0.2, 0.25) is 0 Å². The molecule has 1 saturated carbocycles. The van der Waals surface area contributed by atoms with Gasteiger partial charge in [-0.15, -0.1) is 0 Å². The van der Waals surface area contributed by atoms with Crippen LogP contribution in [0.3, 0.4) is 0 Å². The molecule has 28 heavy (non-hydrogen) atoms. The van der Waals surface area contributed by atoms with Crippen LogP contribution in [0.25, 0.3) is 11.3 Å². The van der Waals surface area contributed by atoms with E-state index in [1.807, 2.05) is 12.1 Å². The Morgan fingerprint density at radius 3 is 2.57 bits per heavy atom. The molecule has 2 aromatic carbocycles. The molecule has 1 aliphatic carbocycles. The van der Waals surface area contributed by atoms with E-state index in [0.717, 1.165) is 32.2 Å². The fourth-order valence-corrected chi connectivity index (χ4v) is 6.00. The maximum absolute atomic E-state index is 6.47. The lowest BCUT2D eigenvalue weighted by Crippen LogP contribution is -2.31. The van der Waals surface area contributed by atoms with Crippen molar-refractivity contribution in [2.24, 2.45) is 5.92 Å². The average molecular weight is 543 g/mol. The smallest absolute Gasteiger partial charge is 0.187 e. The first kappa shape index (κ1) is 20.5. The molecule has 0 aliphatic heterocycles. The first-order valence-electron chi connectivity index (χ1n) is 9.51. The summed E-state index contributed by atoms with van der Waals surface area (Å²) >= 11 is 16.7. The third-order valence-corrected chi connectivity index (χ3v) is 7.62. The summed E-state index contributed by atoms with van der Waals surface area (Å²) in [5.74, 6) is 0.707. The van der Waals surface area contributed by atoms with Gasteiger partial charge in [-0.3, -0.25) is 0 Å². The highest BCUT2D eigenvalue weighted by atomic mass is 127. The van der Waals surface area contributed by atoms with Crippen molar-refractivity contribution in [3.63, 3.8) is 0 Å². The van der Waals surface area contributed by atoms with Gasteiger partial charge in [-0.2, -0.15) is 0 Å². The predicted octanol–water partition coefficient (Wildman–Crippen LogP) is 8.09. The molecular formula is C22H21Cl2IN2S. The number of hydrogen-bond acceptors (Lipinski definition) is 3. The molecule has 1 fully saturated rings. The summed E-state index contributed by atoms with van der Waals surface area (Å²) in [5.41, 5.74) is 3.28. The molecule has 0 radical (unpaired) electrons. The van der Waals surface area contributed by atoms with Crippen LogP contribution in [0.5, 0.6) is 0 Å². The second kappa shape index (κ2) is 8.90. The normalized spacial score (nSPS) is 14.9. The largest absolute Gasteiger partial charge is 0.341 e. The van der Waals surface area contributed by atoms with E-state index in [0.29, 0.717) is 22.0 Å². The molecule has 2 nitrogen and oxygen atoms in total. The topological polar surface area (TPSA) is 16.1 Å². The zero-order chi connectivity index (χ0) is 19.7. The van der Waals surface area contributed by atoms with E-state index in [2.05, 4.69) is 64.7 Å². The van der Waals surface area contributed by atoms with Gasteiger partial charge in [0.15, 0.2) is 5.13 Å². The first-order chi connectivity index (χ1) is 13.6. The standard InChI is InChI=1S/C22H21Cl2IN2S/c1-2-12-27(20(15-8-9-15)14-6-4-3-5-7-14)22-26-19(21(25)28-22)17-11-10-16(23)13-18(17)24/h3-7,10-11,13,15,20H,2,8-9,12H2,1H3. The van der Waals surface area contributed by atoms with E-state index in [1.165, 1.54) is 18.4 Å². The number of nitrogens with zero attached hydrogens (tertiary/aromatic N) is 2. The van der Waals surface area contributed by atoms with Gasteiger partial charge in [-0.1, -0.05) is 71.8 Å². The Labute approximate surface area is 194 Å². The molecule has 4 rings (SSSR count). The first-order valence-corrected chi connectivity index (χ1v) is 12.2. The van der Waals surface area contributed by atoms with Crippen LogP contribution < -0.4 is 4.90 Å². The van der Waals surface area contributed by atoms with Crippen LogP contribution in [0.15, 0.2) is 48.5 Å². The minimum absolute atomic E-state index is 0.386. The fourth-order valence-electron chi connectivity index (χ4n) is 3.62. The molecule has 1 atom stereocenters. The van der Waals surface area contributed by atoms with Crippen LogP contribution in [-0.2, 0) is 0 Å². The van der Waals surface area contributed by atoms with Crippen LogP contribution in [-0.4, -0.2) is 11.5 Å². The third-order valence-electron chi connectivity index (χ3n) is 5.02. The van der Waals surface area contributed by atoms with Gasteiger partial charge >= 0.3 is 0 Å². The quantitative estimate of drug-likeness (QED) is 0.280. The average Bonchev–Trinajstić information content (AvgIpc) is 3.44. The molecule has 1 heterocycles. The Balaban J connectivity index is 1.74. The molecule has 0 N–H and O–H groups in total. The summed E-state index contributed by atoms with van der Waals surface area (Å²) in [4.78, 5) is 7.56. The second-order valence-electron chi connectivity index (χ2n) is 7.13. The minimum atomic E-state index is 0.386. The Kier molecular flexibility index (Phi) is 6.50. The van der Waals surface area contributed by atoms with E-state index in [4.69, 9.17) is 28.2 Å². The summed E-state index contributed by atoms with van der Waals surface area (Å²) in [6.07, 6.45) is 3.67. The number of benzene rings is 2. The molecule has 0 amide bonds. The highest BCUT2D eigenvalue weighted by molar-refractivity contribution is 14.1. The zero-order valence-electron chi connectivity index (χ0n) is 15.5. The van der Waals surface area contributed by atoms with Crippen molar-refractivity contribution in [2.45, 2.75) is 32.2 Å². The van der Waals surface area contributed by atoms with Crippen molar-refractivity contribution >= 4 is 62.3 Å². The van der Waals surface area contributed by atoms with E-state index in [-0.39, 0.29) is 0 Å². The van der Waals surface area contributed by atoms with Crippen LogP contribution in [0.1, 0.15) is 37.8 Å². The zero-order valence-corrected chi connectivity index (χ0v) is 20.0. The third kappa shape index (κ3) is 4.35. The van der Waals surface area contributed by atoms with E-state index < -0.39 is 0 Å². The molecule has 3 aromatic rings. The van der Waals surface area contributed by atoms with E-state index in [1.54, 1.807) is 17.4 Å². The van der Waals surface area contributed by atoms with Gasteiger partial charge in [0.25, 0.3) is 0 Å². The number of anilines is 1. The summed E-state index contributed by atoms with van der Waals surface area (Å²) in [7, 11) is 0. The molecule has 0 bridgehead atoms. The highest BCUT2D eigenvalue weighted by Crippen LogP contribution is 2.48. The van der Waals surface area contributed by atoms with Crippen LogP contribution in [0.2, 0.25) is 10.0 Å². The van der Waals surface area contributed by atoms with Crippen LogP contribution >= 0.6 is 57.1 Å². The summed E-state index contributed by atoms with van der Waals surface area (Å²) in [5, 5.41) is 2.36. The molecular weight excluding hydrogens is 522 g/mol. The number of rotatable bonds is 7. The number of thiazole rings is 1. The lowest BCUT2D eigenvalue weighted by Gasteiger charge is -2.32. The number of hydrogen-bond donors (Lipinski definition) is 0. The van der Waals surface area contributed by atoms with Gasteiger partial charge in [0, 0.05) is 17.1 Å². The van der Waals surface area contributed by atoms with E-state index in [9.17, 15) is 0 Å². The second-order valence-corrected chi connectivity index (χ2v) is 10.8. The lowest BCUT2D eigenvalue weighted by molar-refractivity contribution is 0.552. The van der Waals surface area contributed by atoms with Crippen LogP contribution in [0, 0.1) is 8.80 Å². The Hall–Kier alpha value is -0.820. The van der Waals surface area contributed by atoms with Crippen molar-refractivity contribution in [1.29, 1.82) is 0 Å². The summed E-state index contributed by atoms with van der Waals surface area (Å²) < 4.78 is 1.15. The maximum Gasteiger partial charge on any atom is 0.187 e. The highest BCUT2D eigenvalue weighted by Gasteiger charge is 2.37. The monoisotopic (exact) mass is 542 g/mol. The SMILES string of the molecule is CCCN(c1nc(-c2ccc(Cl)cc2Cl)c(I)s1)C(c1ccccc1)C1CC1. The Morgan fingerprint density at radius 1 is 1.18 bits per heavy atom. The molecule has 6 heteroatoms.